The summed E-state index contributed by atoms with van der Waals surface area (Å²) in [5.74, 6) is 0.194. The minimum absolute atomic E-state index is 0.194. The highest BCUT2D eigenvalue weighted by Gasteiger charge is 2.31. The first-order chi connectivity index (χ1) is 8.29. The fourth-order valence-corrected chi connectivity index (χ4v) is 2.59. The lowest BCUT2D eigenvalue weighted by atomic mass is 10.3. The SMILES string of the molecule is CNC1CCN(C(=O)c2cccn2C2CC2)C1. The summed E-state index contributed by atoms with van der Waals surface area (Å²) in [6.07, 6.45) is 5.53. The van der Waals surface area contributed by atoms with Crippen molar-refractivity contribution in [3.05, 3.63) is 24.0 Å². The molecule has 0 bridgehead atoms. The van der Waals surface area contributed by atoms with Gasteiger partial charge in [0, 0.05) is 31.4 Å². The van der Waals surface area contributed by atoms with Crippen LogP contribution < -0.4 is 5.32 Å². The molecule has 0 aromatic carbocycles. The summed E-state index contributed by atoms with van der Waals surface area (Å²) in [6.45, 7) is 1.71. The molecule has 1 N–H and O–H groups in total. The standard InChI is InChI=1S/C13H19N3O/c1-14-10-6-8-15(9-10)13(17)12-3-2-7-16(12)11-4-5-11/h2-3,7,10-11,14H,4-6,8-9H2,1H3. The summed E-state index contributed by atoms with van der Waals surface area (Å²) < 4.78 is 2.15. The molecule has 1 aromatic rings. The lowest BCUT2D eigenvalue weighted by Crippen LogP contribution is -2.34. The van der Waals surface area contributed by atoms with E-state index in [1.807, 2.05) is 30.3 Å². The maximum Gasteiger partial charge on any atom is 0.270 e. The van der Waals surface area contributed by atoms with Gasteiger partial charge in [-0.05, 0) is 38.4 Å². The third-order valence-corrected chi connectivity index (χ3v) is 3.82. The molecule has 4 heteroatoms. The number of likely N-dealkylation sites (tertiary alicyclic amines) is 1. The van der Waals surface area contributed by atoms with Crippen LogP contribution in [0.3, 0.4) is 0 Å². The molecule has 2 heterocycles. The number of hydrogen-bond acceptors (Lipinski definition) is 2. The van der Waals surface area contributed by atoms with E-state index in [0.29, 0.717) is 12.1 Å². The van der Waals surface area contributed by atoms with Crippen molar-refractivity contribution in [3.8, 4) is 0 Å². The molecule has 0 radical (unpaired) electrons. The van der Waals surface area contributed by atoms with Gasteiger partial charge in [-0.15, -0.1) is 0 Å². The molecule has 1 saturated carbocycles. The molecule has 0 spiro atoms. The number of nitrogens with one attached hydrogen (secondary N) is 1. The summed E-state index contributed by atoms with van der Waals surface area (Å²) >= 11 is 0. The third-order valence-electron chi connectivity index (χ3n) is 3.82. The van der Waals surface area contributed by atoms with Gasteiger partial charge in [-0.2, -0.15) is 0 Å². The van der Waals surface area contributed by atoms with Crippen molar-refractivity contribution < 1.29 is 4.79 Å². The summed E-state index contributed by atoms with van der Waals surface area (Å²) in [7, 11) is 1.96. The van der Waals surface area contributed by atoms with Crippen LogP contribution in [0.2, 0.25) is 0 Å². The molecule has 1 aliphatic carbocycles. The van der Waals surface area contributed by atoms with Gasteiger partial charge in [0.15, 0.2) is 0 Å². The number of likely N-dealkylation sites (N-methyl/N-ethyl adjacent to an activating group) is 1. The zero-order valence-corrected chi connectivity index (χ0v) is 10.2. The lowest BCUT2D eigenvalue weighted by Gasteiger charge is -2.17. The molecular formula is C13H19N3O. The van der Waals surface area contributed by atoms with E-state index < -0.39 is 0 Å². The Morgan fingerprint density at radius 1 is 1.41 bits per heavy atom. The molecule has 1 amide bonds. The Labute approximate surface area is 102 Å². The van der Waals surface area contributed by atoms with E-state index in [4.69, 9.17) is 0 Å². The number of amides is 1. The Bertz CT molecular complexity index is 422. The van der Waals surface area contributed by atoms with Crippen LogP contribution in [0.15, 0.2) is 18.3 Å². The highest BCUT2D eigenvalue weighted by atomic mass is 16.2. The van der Waals surface area contributed by atoms with E-state index in [9.17, 15) is 4.79 Å². The van der Waals surface area contributed by atoms with Crippen molar-refractivity contribution in [1.29, 1.82) is 0 Å². The van der Waals surface area contributed by atoms with Crippen LogP contribution in [0.1, 0.15) is 35.8 Å². The Morgan fingerprint density at radius 2 is 2.24 bits per heavy atom. The van der Waals surface area contributed by atoms with Crippen molar-refractivity contribution in [2.45, 2.75) is 31.3 Å². The van der Waals surface area contributed by atoms with Gasteiger partial charge in [-0.25, -0.2) is 0 Å². The predicted octanol–water partition coefficient (Wildman–Crippen LogP) is 1.26. The van der Waals surface area contributed by atoms with Crippen molar-refractivity contribution in [2.24, 2.45) is 0 Å². The van der Waals surface area contributed by atoms with Crippen LogP contribution in [-0.4, -0.2) is 41.6 Å². The summed E-state index contributed by atoms with van der Waals surface area (Å²) in [6, 6.07) is 4.97. The largest absolute Gasteiger partial charge is 0.340 e. The first-order valence-electron chi connectivity index (χ1n) is 6.43. The molecule has 4 nitrogen and oxygen atoms in total. The second kappa shape index (κ2) is 4.18. The quantitative estimate of drug-likeness (QED) is 0.853. The normalized spacial score (nSPS) is 24.3. The first-order valence-corrected chi connectivity index (χ1v) is 6.43. The number of aromatic nitrogens is 1. The van der Waals surface area contributed by atoms with Crippen LogP contribution in [0.4, 0.5) is 0 Å². The van der Waals surface area contributed by atoms with Crippen molar-refractivity contribution in [3.63, 3.8) is 0 Å². The smallest absolute Gasteiger partial charge is 0.270 e. The van der Waals surface area contributed by atoms with Crippen molar-refractivity contribution in [1.82, 2.24) is 14.8 Å². The van der Waals surface area contributed by atoms with Crippen LogP contribution in [0.5, 0.6) is 0 Å². The van der Waals surface area contributed by atoms with Crippen LogP contribution >= 0.6 is 0 Å². The van der Waals surface area contributed by atoms with E-state index in [2.05, 4.69) is 9.88 Å². The Hall–Kier alpha value is -1.29. The number of hydrogen-bond donors (Lipinski definition) is 1. The summed E-state index contributed by atoms with van der Waals surface area (Å²) in [5, 5.41) is 3.24. The Morgan fingerprint density at radius 3 is 2.88 bits per heavy atom. The summed E-state index contributed by atoms with van der Waals surface area (Å²) in [4.78, 5) is 14.4. The van der Waals surface area contributed by atoms with Crippen molar-refractivity contribution in [2.75, 3.05) is 20.1 Å². The first kappa shape index (κ1) is 10.8. The molecular weight excluding hydrogens is 214 g/mol. The minimum atomic E-state index is 0.194. The molecule has 2 aliphatic rings. The molecule has 3 rings (SSSR count). The van der Waals surface area contributed by atoms with Gasteiger partial charge in [0.2, 0.25) is 0 Å². The molecule has 17 heavy (non-hydrogen) atoms. The molecule has 2 fully saturated rings. The van der Waals surface area contributed by atoms with Crippen molar-refractivity contribution >= 4 is 5.91 Å². The highest BCUT2D eigenvalue weighted by molar-refractivity contribution is 5.93. The molecule has 92 valence electrons. The highest BCUT2D eigenvalue weighted by Crippen LogP contribution is 2.36. The van der Waals surface area contributed by atoms with Gasteiger partial charge in [0.25, 0.3) is 5.91 Å². The molecule has 1 saturated heterocycles. The number of nitrogens with zero attached hydrogens (tertiary/aromatic N) is 2. The average molecular weight is 233 g/mol. The predicted molar refractivity (Wildman–Crippen MR) is 66.1 cm³/mol. The van der Waals surface area contributed by atoms with E-state index in [0.717, 1.165) is 25.2 Å². The van der Waals surface area contributed by atoms with E-state index in [-0.39, 0.29) is 5.91 Å². The second-order valence-corrected chi connectivity index (χ2v) is 5.06. The monoisotopic (exact) mass is 233 g/mol. The van der Waals surface area contributed by atoms with Gasteiger partial charge in [0.1, 0.15) is 5.69 Å². The number of carbonyl (C=O) groups excluding carboxylic acids is 1. The minimum Gasteiger partial charge on any atom is -0.340 e. The Kier molecular flexibility index (Phi) is 2.67. The third kappa shape index (κ3) is 1.97. The molecule has 1 aliphatic heterocycles. The van der Waals surface area contributed by atoms with Gasteiger partial charge >= 0.3 is 0 Å². The molecule has 1 atom stereocenters. The number of rotatable bonds is 3. The van der Waals surface area contributed by atoms with Gasteiger partial charge < -0.3 is 14.8 Å². The van der Waals surface area contributed by atoms with E-state index in [1.165, 1.54) is 12.8 Å². The average Bonchev–Trinajstić information content (AvgIpc) is 2.92. The Balaban J connectivity index is 1.75. The van der Waals surface area contributed by atoms with Gasteiger partial charge in [0.05, 0.1) is 0 Å². The van der Waals surface area contributed by atoms with Gasteiger partial charge in [-0.3, -0.25) is 4.79 Å². The van der Waals surface area contributed by atoms with Crippen LogP contribution in [0, 0.1) is 0 Å². The molecule has 1 aromatic heterocycles. The fraction of sp³-hybridized carbons (Fsp3) is 0.615. The maximum absolute atomic E-state index is 12.4. The molecule has 1 unspecified atom stereocenters. The van der Waals surface area contributed by atoms with Crippen LogP contribution in [0.25, 0.3) is 0 Å². The maximum atomic E-state index is 12.4. The zero-order valence-electron chi connectivity index (χ0n) is 10.2. The topological polar surface area (TPSA) is 37.3 Å². The van der Waals surface area contributed by atoms with E-state index >= 15 is 0 Å². The second-order valence-electron chi connectivity index (χ2n) is 5.06. The lowest BCUT2D eigenvalue weighted by molar-refractivity contribution is 0.0779. The zero-order chi connectivity index (χ0) is 11.8. The van der Waals surface area contributed by atoms with Crippen LogP contribution in [-0.2, 0) is 0 Å². The fourth-order valence-electron chi connectivity index (χ4n) is 2.59. The van der Waals surface area contributed by atoms with E-state index in [1.54, 1.807) is 0 Å². The number of carbonyl (C=O) groups is 1. The van der Waals surface area contributed by atoms with Gasteiger partial charge in [-0.1, -0.05) is 0 Å². The summed E-state index contributed by atoms with van der Waals surface area (Å²) in [5.41, 5.74) is 0.865.